The molecular formula is C13H24N9NaO9S3+2. The first kappa shape index (κ1) is 37.9. The van der Waals surface area contributed by atoms with E-state index in [0.717, 1.165) is 0 Å². The molecular weight excluding hydrogens is 545 g/mol. The Bertz CT molecular complexity index is 993. The number of nitrogens with zero attached hydrogens (tertiary/aromatic N) is 8. The Morgan fingerprint density at radius 3 is 2.49 bits per heavy atom. The van der Waals surface area contributed by atoms with E-state index in [4.69, 9.17) is 0 Å². The number of carboxylic acids is 1. The molecule has 0 unspecified atom stereocenters. The molecule has 0 aliphatic carbocycles. The fourth-order valence-corrected chi connectivity index (χ4v) is 6.11. The first-order valence-electron chi connectivity index (χ1n) is 8.27. The van der Waals surface area contributed by atoms with Crippen molar-refractivity contribution in [1.82, 2.24) is 20.5 Å². The minimum absolute atomic E-state index is 0. The van der Waals surface area contributed by atoms with Crippen molar-refractivity contribution in [2.45, 2.75) is 15.8 Å². The van der Waals surface area contributed by atoms with Gasteiger partial charge in [0.05, 0.1) is 16.8 Å². The first-order chi connectivity index (χ1) is 13.9. The fourth-order valence-electron chi connectivity index (χ4n) is 2.92. The molecule has 0 aromatic carbocycles. The second-order valence-electron chi connectivity index (χ2n) is 6.12. The van der Waals surface area contributed by atoms with Crippen LogP contribution in [0.4, 0.5) is 0 Å². The maximum absolute atomic E-state index is 12.6. The third-order valence-electron chi connectivity index (χ3n) is 4.17. The summed E-state index contributed by atoms with van der Waals surface area (Å²) in [6.45, 7) is 0.0973. The number of nitrogens with one attached hydrogen (secondary N) is 1. The molecule has 1 fully saturated rings. The van der Waals surface area contributed by atoms with Crippen molar-refractivity contribution in [1.29, 1.82) is 0 Å². The molecule has 11 N–H and O–H groups in total. The van der Waals surface area contributed by atoms with Gasteiger partial charge >= 0.3 is 33.9 Å². The van der Waals surface area contributed by atoms with E-state index >= 15 is 0 Å². The zero-order valence-electron chi connectivity index (χ0n) is 18.4. The number of aliphatic carboxylic acids is 1. The van der Waals surface area contributed by atoms with Gasteiger partial charge in [0, 0.05) is 11.5 Å². The summed E-state index contributed by atoms with van der Waals surface area (Å²) in [5, 5.41) is 32.4. The second kappa shape index (κ2) is 16.2. The van der Waals surface area contributed by atoms with Gasteiger partial charge in [0.1, 0.15) is 30.0 Å². The molecule has 0 saturated carbocycles. The van der Waals surface area contributed by atoms with Gasteiger partial charge in [0.25, 0.3) is 11.8 Å². The molecule has 1 aromatic heterocycles. The molecule has 0 bridgehead atoms. The number of amides is 2. The van der Waals surface area contributed by atoms with Crippen LogP contribution < -0.4 is 44.1 Å². The average molecular weight is 570 g/mol. The summed E-state index contributed by atoms with van der Waals surface area (Å²) >= 11 is 4.08. The number of carbonyl (C=O) groups is 3. The molecule has 35 heavy (non-hydrogen) atoms. The number of aromatic nitrogens is 3. The Morgan fingerprint density at radius 2 is 1.94 bits per heavy atom. The zero-order valence-corrected chi connectivity index (χ0v) is 22.9. The largest absolute Gasteiger partial charge is 1.00 e. The van der Waals surface area contributed by atoms with Crippen molar-refractivity contribution >= 4 is 52.8 Å². The molecule has 2 atom stereocenters. The Kier molecular flexibility index (Phi) is 17.5. The number of aryl methyl sites for hydroxylation is 1. The van der Waals surface area contributed by atoms with Crippen LogP contribution in [0.25, 0.3) is 0 Å². The monoisotopic (exact) mass is 569 g/mol. The Hall–Kier alpha value is -1.66. The van der Waals surface area contributed by atoms with Crippen LogP contribution >= 0.6 is 35.1 Å². The molecule has 2 amide bonds. The quantitative estimate of drug-likeness (QED) is 0.142. The molecule has 3 aliphatic rings. The van der Waals surface area contributed by atoms with Crippen molar-refractivity contribution in [2.75, 3.05) is 24.7 Å². The molecule has 1 saturated heterocycles. The summed E-state index contributed by atoms with van der Waals surface area (Å²) < 4.78 is 3.63. The van der Waals surface area contributed by atoms with Crippen LogP contribution in [0.2, 0.25) is 0 Å². The smallest absolute Gasteiger partial charge is 0.543 e. The Labute approximate surface area is 231 Å². The second-order valence-corrected chi connectivity index (χ2v) is 9.55. The summed E-state index contributed by atoms with van der Waals surface area (Å²) in [4.78, 5) is 37.6. The standard InChI is InChI=1S/C13H13N9O4S3.Na.5H2O/c1-20-18-16-13(29-20)28-4-6-3-27-11-8(10(24)22(11)9(6)12(25)26)15-7(23)2-21-5-14-17-19-21;;;;;;/h8,11H,2-5H2,1H3;;5*1H2/q;+1;;;;;/p+1/t8-,11-;;;;;;/m1....../s1. The van der Waals surface area contributed by atoms with Gasteiger partial charge in [-0.3, -0.25) is 14.5 Å². The molecule has 22 heteroatoms. The van der Waals surface area contributed by atoms with Crippen LogP contribution in [0.5, 0.6) is 0 Å². The van der Waals surface area contributed by atoms with E-state index in [1.54, 1.807) is 11.1 Å². The van der Waals surface area contributed by atoms with Crippen LogP contribution in [-0.4, -0.2) is 101 Å². The molecule has 4 heterocycles. The number of hydrogen-bond acceptors (Lipinski definition) is 12. The van der Waals surface area contributed by atoms with Crippen LogP contribution in [0.15, 0.2) is 31.2 Å². The van der Waals surface area contributed by atoms with Gasteiger partial charge in [-0.15, -0.1) is 16.5 Å². The summed E-state index contributed by atoms with van der Waals surface area (Å²) in [6.07, 6.45) is 0. The predicted molar refractivity (Wildman–Crippen MR) is 114 cm³/mol. The molecule has 1 aromatic rings. The fraction of sp³-hybridized carbons (Fsp3) is 0.538. The summed E-state index contributed by atoms with van der Waals surface area (Å²) in [5.74, 6) is -1.55. The Balaban J connectivity index is -0.00000171. The third-order valence-corrected chi connectivity index (χ3v) is 7.49. The maximum Gasteiger partial charge on any atom is 1.00 e. The molecule has 0 radical (unpaired) electrons. The van der Waals surface area contributed by atoms with E-state index in [0.29, 0.717) is 21.4 Å². The molecule has 192 valence electrons. The van der Waals surface area contributed by atoms with E-state index in [-0.39, 0.29) is 75.8 Å². The summed E-state index contributed by atoms with van der Waals surface area (Å²) in [5.41, 5.74) is 0.448. The molecule has 18 nitrogen and oxygen atoms in total. The van der Waals surface area contributed by atoms with Crippen LogP contribution in [0.3, 0.4) is 0 Å². The number of β-lactam (4-membered cyclic amide) rings is 1. The van der Waals surface area contributed by atoms with Gasteiger partial charge < -0.3 is 42.6 Å². The number of rotatable bonds is 7. The maximum atomic E-state index is 12.6. The van der Waals surface area contributed by atoms with E-state index in [1.165, 1.54) is 44.7 Å². The van der Waals surface area contributed by atoms with Crippen molar-refractivity contribution in [2.24, 2.45) is 22.6 Å². The van der Waals surface area contributed by atoms with Crippen LogP contribution in [-0.2, 0) is 21.4 Å². The van der Waals surface area contributed by atoms with Crippen LogP contribution in [0.1, 0.15) is 0 Å². The normalized spacial score (nSPS) is 19.1. The third kappa shape index (κ3) is 8.18. The minimum Gasteiger partial charge on any atom is -0.543 e. The van der Waals surface area contributed by atoms with Gasteiger partial charge in [0.2, 0.25) is 11.9 Å². The molecule has 4 rings (SSSR count). The SMILES string of the molecule is C[n+]1nnc(SCC2=C(C(=O)[O-])N3C(=O)[C@@H](NC(=O)C[N+]4=NN=NC4)[C@H]3SC2)s1.O.O.O.O.O.[Na+]. The van der Waals surface area contributed by atoms with Crippen molar-refractivity contribution in [3.63, 3.8) is 0 Å². The number of carbonyl (C=O) groups excluding carboxylic acids is 3. The van der Waals surface area contributed by atoms with Gasteiger partial charge in [-0.2, -0.15) is 0 Å². The number of fused-ring (bicyclic) bond motifs is 1. The van der Waals surface area contributed by atoms with E-state index < -0.39 is 29.2 Å². The molecule has 3 aliphatic heterocycles. The number of thioether (sulfide) groups is 2. The van der Waals surface area contributed by atoms with Gasteiger partial charge in [-0.25, -0.2) is 0 Å². The van der Waals surface area contributed by atoms with Crippen LogP contribution in [0, 0.1) is 0 Å². The topological polar surface area (TPSA) is 317 Å². The first-order valence-corrected chi connectivity index (χ1v) is 11.1. The summed E-state index contributed by atoms with van der Waals surface area (Å²) in [7, 11) is 1.75. The van der Waals surface area contributed by atoms with Gasteiger partial charge in [-0.1, -0.05) is 15.8 Å². The minimum atomic E-state index is -1.41. The van der Waals surface area contributed by atoms with Crippen molar-refractivity contribution in [3.8, 4) is 0 Å². The predicted octanol–water partition coefficient (Wildman–Crippen LogP) is -9.46. The Morgan fingerprint density at radius 1 is 1.26 bits per heavy atom. The van der Waals surface area contributed by atoms with E-state index in [1.807, 2.05) is 0 Å². The summed E-state index contributed by atoms with van der Waals surface area (Å²) in [6, 6.07) is -0.797. The van der Waals surface area contributed by atoms with Gasteiger partial charge in [0.15, 0.2) is 17.0 Å². The zero-order chi connectivity index (χ0) is 20.5. The van der Waals surface area contributed by atoms with Crippen molar-refractivity contribution in [3.05, 3.63) is 11.3 Å². The van der Waals surface area contributed by atoms with Crippen molar-refractivity contribution < 1.29 is 85.2 Å². The average Bonchev–Trinajstić information content (AvgIpc) is 3.35. The molecule has 0 spiro atoms. The van der Waals surface area contributed by atoms with Gasteiger partial charge in [-0.05, 0) is 10.7 Å². The van der Waals surface area contributed by atoms with E-state index in [2.05, 4.69) is 31.2 Å². The number of hydrogen-bond donors (Lipinski definition) is 1. The van der Waals surface area contributed by atoms with E-state index in [9.17, 15) is 19.5 Å². The number of carboxylic acid groups (broad SMARTS) is 1.